The monoisotopic (exact) mass is 258 g/mol. The minimum atomic E-state index is 0.492. The number of hydrogen-bond acceptors (Lipinski definition) is 3. The summed E-state index contributed by atoms with van der Waals surface area (Å²) in [4.78, 5) is 0. The van der Waals surface area contributed by atoms with Gasteiger partial charge in [0.1, 0.15) is 12.4 Å². The van der Waals surface area contributed by atoms with Crippen LogP contribution in [-0.4, -0.2) is 12.2 Å². The first kappa shape index (κ1) is 12.6. The summed E-state index contributed by atoms with van der Waals surface area (Å²) < 4.78 is 10.7. The predicted molar refractivity (Wildman–Crippen MR) is 75.9 cm³/mol. The molecule has 0 fully saturated rings. The van der Waals surface area contributed by atoms with Crippen LogP contribution >= 0.6 is 12.2 Å². The van der Waals surface area contributed by atoms with E-state index in [0.29, 0.717) is 11.7 Å². The first-order valence-corrected chi connectivity index (χ1v) is 6.05. The molecule has 0 heterocycles. The maximum absolute atomic E-state index is 5.58. The number of thiocarbonyl (C=S) groups is 1. The second-order valence-corrected chi connectivity index (χ2v) is 4.16. The van der Waals surface area contributed by atoms with Crippen LogP contribution in [0.2, 0.25) is 0 Å². The van der Waals surface area contributed by atoms with Gasteiger partial charge in [-0.3, -0.25) is 0 Å². The lowest BCUT2D eigenvalue weighted by Crippen LogP contribution is -2.03. The molecule has 0 aliphatic heterocycles. The fraction of sp³-hybridized carbons (Fsp3) is 0.133. The van der Waals surface area contributed by atoms with Crippen molar-refractivity contribution in [1.29, 1.82) is 0 Å². The van der Waals surface area contributed by atoms with Gasteiger partial charge in [0, 0.05) is 5.56 Å². The highest BCUT2D eigenvalue weighted by Crippen LogP contribution is 2.13. The third-order valence-corrected chi connectivity index (χ3v) is 2.89. The minimum Gasteiger partial charge on any atom is -0.497 e. The van der Waals surface area contributed by atoms with Crippen molar-refractivity contribution in [3.63, 3.8) is 0 Å². The number of ether oxygens (including phenoxy) is 2. The van der Waals surface area contributed by atoms with Crippen LogP contribution in [0.25, 0.3) is 0 Å². The largest absolute Gasteiger partial charge is 0.497 e. The lowest BCUT2D eigenvalue weighted by molar-refractivity contribution is 0.302. The van der Waals surface area contributed by atoms with Crippen molar-refractivity contribution in [2.75, 3.05) is 7.11 Å². The number of methoxy groups -OCH3 is 1. The molecule has 92 valence electrons. The van der Waals surface area contributed by atoms with Gasteiger partial charge >= 0.3 is 0 Å². The van der Waals surface area contributed by atoms with E-state index < -0.39 is 0 Å². The third-order valence-electron chi connectivity index (χ3n) is 2.54. The normalized spacial score (nSPS) is 9.83. The van der Waals surface area contributed by atoms with Crippen molar-refractivity contribution >= 4 is 17.3 Å². The molecule has 0 N–H and O–H groups in total. The lowest BCUT2D eigenvalue weighted by atomic mass is 10.2. The Kier molecular flexibility index (Phi) is 4.31. The highest BCUT2D eigenvalue weighted by Gasteiger charge is 2.03. The van der Waals surface area contributed by atoms with Crippen LogP contribution in [0.15, 0.2) is 54.6 Å². The van der Waals surface area contributed by atoms with E-state index >= 15 is 0 Å². The molecule has 3 heteroatoms. The Morgan fingerprint density at radius 3 is 2.28 bits per heavy atom. The molecule has 0 aliphatic rings. The van der Waals surface area contributed by atoms with Crippen LogP contribution in [0.5, 0.6) is 5.75 Å². The molecule has 2 nitrogen and oxygen atoms in total. The second-order valence-electron chi connectivity index (χ2n) is 3.79. The van der Waals surface area contributed by atoms with Crippen molar-refractivity contribution < 1.29 is 9.47 Å². The predicted octanol–water partition coefficient (Wildman–Crippen LogP) is 3.59. The van der Waals surface area contributed by atoms with E-state index in [2.05, 4.69) is 0 Å². The average Bonchev–Trinajstić information content (AvgIpc) is 2.46. The zero-order chi connectivity index (χ0) is 12.8. The summed E-state index contributed by atoms with van der Waals surface area (Å²) in [7, 11) is 1.64. The van der Waals surface area contributed by atoms with Gasteiger partial charge in [-0.15, -0.1) is 0 Å². The highest BCUT2D eigenvalue weighted by molar-refractivity contribution is 7.80. The minimum absolute atomic E-state index is 0.492. The van der Waals surface area contributed by atoms with Crippen molar-refractivity contribution in [2.24, 2.45) is 0 Å². The quantitative estimate of drug-likeness (QED) is 0.781. The van der Waals surface area contributed by atoms with E-state index in [1.165, 1.54) is 0 Å². The fourth-order valence-corrected chi connectivity index (χ4v) is 1.73. The molecule has 2 aromatic carbocycles. The summed E-state index contributed by atoms with van der Waals surface area (Å²) in [6.07, 6.45) is 0. The first-order chi connectivity index (χ1) is 8.79. The SMILES string of the molecule is COc1ccc(C(=S)OCc2ccccc2)cc1. The van der Waals surface area contributed by atoms with E-state index in [1.54, 1.807) is 7.11 Å². The van der Waals surface area contributed by atoms with Crippen LogP contribution in [0, 0.1) is 0 Å². The zero-order valence-corrected chi connectivity index (χ0v) is 10.9. The number of hydrogen-bond donors (Lipinski definition) is 0. The lowest BCUT2D eigenvalue weighted by Gasteiger charge is -2.08. The molecular weight excluding hydrogens is 244 g/mol. The van der Waals surface area contributed by atoms with E-state index in [-0.39, 0.29) is 0 Å². The molecule has 0 atom stereocenters. The first-order valence-electron chi connectivity index (χ1n) is 5.64. The number of rotatable bonds is 4. The molecule has 0 saturated heterocycles. The van der Waals surface area contributed by atoms with Gasteiger partial charge in [-0.2, -0.15) is 0 Å². The molecule has 0 radical (unpaired) electrons. The average molecular weight is 258 g/mol. The maximum atomic E-state index is 5.58. The van der Waals surface area contributed by atoms with E-state index in [9.17, 15) is 0 Å². The van der Waals surface area contributed by atoms with Crippen molar-refractivity contribution in [1.82, 2.24) is 0 Å². The second kappa shape index (κ2) is 6.17. The molecule has 0 aliphatic carbocycles. The van der Waals surface area contributed by atoms with Crippen LogP contribution in [-0.2, 0) is 11.3 Å². The molecule has 2 aromatic rings. The zero-order valence-electron chi connectivity index (χ0n) is 10.1. The Balaban J connectivity index is 1.95. The van der Waals surface area contributed by atoms with Crippen molar-refractivity contribution in [3.05, 3.63) is 65.7 Å². The van der Waals surface area contributed by atoms with Gasteiger partial charge in [0.2, 0.25) is 0 Å². The number of benzene rings is 2. The molecule has 18 heavy (non-hydrogen) atoms. The summed E-state index contributed by atoms with van der Waals surface area (Å²) in [5.41, 5.74) is 2.00. The standard InChI is InChI=1S/C15H14O2S/c1-16-14-9-7-13(8-10-14)15(18)17-11-12-5-3-2-4-6-12/h2-10H,11H2,1H3. The van der Waals surface area contributed by atoms with E-state index in [1.807, 2.05) is 54.6 Å². The Bertz CT molecular complexity index is 506. The smallest absolute Gasteiger partial charge is 0.191 e. The van der Waals surface area contributed by atoms with Crippen molar-refractivity contribution in [3.8, 4) is 5.75 Å². The van der Waals surface area contributed by atoms with Crippen LogP contribution in [0.3, 0.4) is 0 Å². The Hall–Kier alpha value is -1.87. The van der Waals surface area contributed by atoms with Crippen molar-refractivity contribution in [2.45, 2.75) is 6.61 Å². The summed E-state index contributed by atoms with van der Waals surface area (Å²) in [6, 6.07) is 17.5. The van der Waals surface area contributed by atoms with E-state index in [4.69, 9.17) is 21.7 Å². The molecule has 2 rings (SSSR count). The van der Waals surface area contributed by atoms with Gasteiger partial charge < -0.3 is 9.47 Å². The van der Waals surface area contributed by atoms with Crippen LogP contribution < -0.4 is 4.74 Å². The summed E-state index contributed by atoms with van der Waals surface area (Å²) in [5, 5.41) is 0.501. The topological polar surface area (TPSA) is 18.5 Å². The fourth-order valence-electron chi connectivity index (χ4n) is 1.53. The van der Waals surface area contributed by atoms with Gasteiger partial charge in [0.15, 0.2) is 5.05 Å². The Labute approximate surface area is 112 Å². The highest BCUT2D eigenvalue weighted by atomic mass is 32.1. The Morgan fingerprint density at radius 1 is 1.00 bits per heavy atom. The maximum Gasteiger partial charge on any atom is 0.191 e. The van der Waals surface area contributed by atoms with Gasteiger partial charge in [0.25, 0.3) is 0 Å². The molecule has 0 amide bonds. The summed E-state index contributed by atoms with van der Waals surface area (Å²) in [6.45, 7) is 0.492. The molecule has 0 saturated carbocycles. The summed E-state index contributed by atoms with van der Waals surface area (Å²) in [5.74, 6) is 0.810. The van der Waals surface area contributed by atoms with Gasteiger partial charge in [-0.1, -0.05) is 30.3 Å². The molecular formula is C15H14O2S. The van der Waals surface area contributed by atoms with E-state index in [0.717, 1.165) is 16.9 Å². The third kappa shape index (κ3) is 3.31. The molecule has 0 aromatic heterocycles. The van der Waals surface area contributed by atoms with Gasteiger partial charge in [0.05, 0.1) is 7.11 Å². The van der Waals surface area contributed by atoms with Gasteiger partial charge in [-0.05, 0) is 42.0 Å². The molecule has 0 spiro atoms. The van der Waals surface area contributed by atoms with Gasteiger partial charge in [-0.25, -0.2) is 0 Å². The molecule has 0 unspecified atom stereocenters. The van der Waals surface area contributed by atoms with Crippen LogP contribution in [0.1, 0.15) is 11.1 Å². The molecule has 0 bridgehead atoms. The van der Waals surface area contributed by atoms with Crippen LogP contribution in [0.4, 0.5) is 0 Å². The summed E-state index contributed by atoms with van der Waals surface area (Å²) >= 11 is 5.24. The Morgan fingerprint density at radius 2 is 1.67 bits per heavy atom.